The van der Waals surface area contributed by atoms with Gasteiger partial charge in [0.1, 0.15) is 17.9 Å². The summed E-state index contributed by atoms with van der Waals surface area (Å²) in [6.45, 7) is 7.62. The van der Waals surface area contributed by atoms with Crippen LogP contribution in [0.5, 0.6) is 5.75 Å². The van der Waals surface area contributed by atoms with Crippen molar-refractivity contribution < 1.29 is 19.4 Å². The summed E-state index contributed by atoms with van der Waals surface area (Å²) in [6.07, 6.45) is 1.01. The summed E-state index contributed by atoms with van der Waals surface area (Å²) < 4.78 is 11.7. The zero-order chi connectivity index (χ0) is 15.1. The first-order chi connectivity index (χ1) is 9.41. The molecule has 1 N–H and O–H groups in total. The van der Waals surface area contributed by atoms with Crippen LogP contribution in [0.3, 0.4) is 0 Å². The Morgan fingerprint density at radius 3 is 2.60 bits per heavy atom. The molecule has 0 radical (unpaired) electrons. The number of aromatic carboxylic acids is 1. The number of carboxylic acid groups (broad SMARTS) is 1. The number of halogens is 1. The minimum Gasteiger partial charge on any atom is -0.490 e. The zero-order valence-electron chi connectivity index (χ0n) is 12.1. The van der Waals surface area contributed by atoms with Crippen LogP contribution >= 0.6 is 15.9 Å². The molecule has 0 aliphatic rings. The molecule has 0 saturated heterocycles. The highest BCUT2D eigenvalue weighted by molar-refractivity contribution is 9.10. The molecular weight excluding hydrogens is 324 g/mol. The topological polar surface area (TPSA) is 55.8 Å². The van der Waals surface area contributed by atoms with Crippen molar-refractivity contribution >= 4 is 21.9 Å². The first kappa shape index (κ1) is 17.0. The second-order valence-corrected chi connectivity index (χ2v) is 5.96. The molecule has 1 rings (SSSR count). The van der Waals surface area contributed by atoms with Gasteiger partial charge in [-0.15, -0.1) is 0 Å². The summed E-state index contributed by atoms with van der Waals surface area (Å²) in [5.41, 5.74) is 0.956. The Morgan fingerprint density at radius 1 is 1.30 bits per heavy atom. The Kier molecular flexibility index (Phi) is 7.02. The van der Waals surface area contributed by atoms with Crippen molar-refractivity contribution in [3.05, 3.63) is 27.7 Å². The van der Waals surface area contributed by atoms with Crippen LogP contribution in [0.4, 0.5) is 0 Å². The van der Waals surface area contributed by atoms with Crippen LogP contribution in [0.25, 0.3) is 0 Å². The molecule has 0 bridgehead atoms. The van der Waals surface area contributed by atoms with Gasteiger partial charge in [0.15, 0.2) is 0 Å². The van der Waals surface area contributed by atoms with Crippen LogP contribution in [0.15, 0.2) is 16.6 Å². The van der Waals surface area contributed by atoms with Gasteiger partial charge < -0.3 is 14.6 Å². The summed E-state index contributed by atoms with van der Waals surface area (Å²) in [5.74, 6) is 0.0292. The van der Waals surface area contributed by atoms with Crippen molar-refractivity contribution in [2.75, 3.05) is 19.8 Å². The van der Waals surface area contributed by atoms with Gasteiger partial charge in [0.05, 0.1) is 6.61 Å². The van der Waals surface area contributed by atoms with E-state index in [0.717, 1.165) is 16.5 Å². The Morgan fingerprint density at radius 2 is 2.00 bits per heavy atom. The highest BCUT2D eigenvalue weighted by Crippen LogP contribution is 2.28. The van der Waals surface area contributed by atoms with Gasteiger partial charge in [-0.3, -0.25) is 0 Å². The van der Waals surface area contributed by atoms with Crippen LogP contribution in [0.2, 0.25) is 0 Å². The molecule has 5 heteroatoms. The SMILES string of the molecule is Cc1cc(Br)cc(C(=O)O)c1OCCOCCC(C)C. The number of rotatable bonds is 8. The van der Waals surface area contributed by atoms with Crippen molar-refractivity contribution in [3.63, 3.8) is 0 Å². The molecule has 0 saturated carbocycles. The molecule has 0 aliphatic carbocycles. The number of hydrogen-bond acceptors (Lipinski definition) is 3. The van der Waals surface area contributed by atoms with E-state index in [-0.39, 0.29) is 5.56 Å². The predicted octanol–water partition coefficient (Wildman–Crippen LogP) is 3.90. The lowest BCUT2D eigenvalue weighted by Gasteiger charge is -2.13. The van der Waals surface area contributed by atoms with E-state index < -0.39 is 5.97 Å². The van der Waals surface area contributed by atoms with Crippen LogP contribution < -0.4 is 4.74 Å². The number of aryl methyl sites for hydroxylation is 1. The lowest BCUT2D eigenvalue weighted by Crippen LogP contribution is -2.11. The number of carboxylic acids is 1. The molecule has 0 fully saturated rings. The minimum absolute atomic E-state index is 0.166. The molecule has 20 heavy (non-hydrogen) atoms. The fourth-order valence-electron chi connectivity index (χ4n) is 1.70. The Balaban J connectivity index is 2.53. The van der Waals surface area contributed by atoms with Gasteiger partial charge in [-0.25, -0.2) is 4.79 Å². The van der Waals surface area contributed by atoms with Crippen LogP contribution in [-0.2, 0) is 4.74 Å². The largest absolute Gasteiger partial charge is 0.490 e. The number of ether oxygens (including phenoxy) is 2. The second-order valence-electron chi connectivity index (χ2n) is 5.05. The van der Waals surface area contributed by atoms with Gasteiger partial charge >= 0.3 is 5.97 Å². The smallest absolute Gasteiger partial charge is 0.339 e. The minimum atomic E-state index is -0.995. The number of carbonyl (C=O) groups is 1. The summed E-state index contributed by atoms with van der Waals surface area (Å²) in [7, 11) is 0. The van der Waals surface area contributed by atoms with E-state index in [2.05, 4.69) is 29.8 Å². The maximum absolute atomic E-state index is 11.2. The molecule has 1 aromatic carbocycles. The van der Waals surface area contributed by atoms with Crippen LogP contribution in [0.1, 0.15) is 36.2 Å². The number of hydrogen-bond donors (Lipinski definition) is 1. The standard InChI is InChI=1S/C15H21BrO4/c1-10(2)4-5-19-6-7-20-14-11(3)8-12(16)9-13(14)15(17)18/h8-10H,4-7H2,1-3H3,(H,17,18). The Bertz CT molecular complexity index is 457. The van der Waals surface area contributed by atoms with Crippen molar-refractivity contribution in [1.29, 1.82) is 0 Å². The van der Waals surface area contributed by atoms with Gasteiger partial charge in [-0.2, -0.15) is 0 Å². The average molecular weight is 345 g/mol. The van der Waals surface area contributed by atoms with Gasteiger partial charge in [0.25, 0.3) is 0 Å². The van der Waals surface area contributed by atoms with Gasteiger partial charge in [0.2, 0.25) is 0 Å². The number of benzene rings is 1. The summed E-state index contributed by atoms with van der Waals surface area (Å²) in [4.78, 5) is 11.2. The molecule has 0 amide bonds. The molecule has 0 heterocycles. The Labute approximate surface area is 128 Å². The molecule has 0 unspecified atom stereocenters. The molecular formula is C15H21BrO4. The normalized spacial score (nSPS) is 10.8. The third-order valence-electron chi connectivity index (χ3n) is 2.78. The third-order valence-corrected chi connectivity index (χ3v) is 3.24. The molecule has 0 spiro atoms. The van der Waals surface area contributed by atoms with E-state index in [4.69, 9.17) is 9.47 Å². The third kappa shape index (κ3) is 5.51. The highest BCUT2D eigenvalue weighted by Gasteiger charge is 2.15. The first-order valence-corrected chi connectivity index (χ1v) is 7.45. The van der Waals surface area contributed by atoms with E-state index in [9.17, 15) is 9.90 Å². The molecule has 0 atom stereocenters. The monoisotopic (exact) mass is 344 g/mol. The average Bonchev–Trinajstić information content (AvgIpc) is 2.34. The van der Waals surface area contributed by atoms with E-state index in [0.29, 0.717) is 31.5 Å². The van der Waals surface area contributed by atoms with Crippen LogP contribution in [0, 0.1) is 12.8 Å². The van der Waals surface area contributed by atoms with Gasteiger partial charge in [-0.05, 0) is 37.0 Å². The summed E-state index contributed by atoms with van der Waals surface area (Å²) in [6, 6.07) is 3.38. The predicted molar refractivity (Wildman–Crippen MR) is 81.6 cm³/mol. The fraction of sp³-hybridized carbons (Fsp3) is 0.533. The van der Waals surface area contributed by atoms with E-state index in [1.54, 1.807) is 6.07 Å². The summed E-state index contributed by atoms with van der Waals surface area (Å²) in [5, 5.41) is 9.18. The quantitative estimate of drug-likeness (QED) is 0.726. The second kappa shape index (κ2) is 8.27. The highest BCUT2D eigenvalue weighted by atomic mass is 79.9. The van der Waals surface area contributed by atoms with Crippen LogP contribution in [-0.4, -0.2) is 30.9 Å². The van der Waals surface area contributed by atoms with Crippen molar-refractivity contribution in [2.45, 2.75) is 27.2 Å². The van der Waals surface area contributed by atoms with Gasteiger partial charge in [0, 0.05) is 11.1 Å². The maximum atomic E-state index is 11.2. The van der Waals surface area contributed by atoms with Gasteiger partial charge in [-0.1, -0.05) is 29.8 Å². The summed E-state index contributed by atoms with van der Waals surface area (Å²) >= 11 is 3.29. The van der Waals surface area contributed by atoms with Crippen molar-refractivity contribution in [2.24, 2.45) is 5.92 Å². The van der Waals surface area contributed by atoms with Crippen molar-refractivity contribution in [3.8, 4) is 5.75 Å². The molecule has 0 aliphatic heterocycles. The first-order valence-electron chi connectivity index (χ1n) is 6.65. The maximum Gasteiger partial charge on any atom is 0.339 e. The molecule has 112 valence electrons. The Hall–Kier alpha value is -1.07. The lowest BCUT2D eigenvalue weighted by atomic mass is 10.1. The molecule has 0 aromatic heterocycles. The van der Waals surface area contributed by atoms with E-state index in [1.165, 1.54) is 0 Å². The van der Waals surface area contributed by atoms with E-state index >= 15 is 0 Å². The lowest BCUT2D eigenvalue weighted by molar-refractivity contribution is 0.0682. The van der Waals surface area contributed by atoms with Crippen molar-refractivity contribution in [1.82, 2.24) is 0 Å². The van der Waals surface area contributed by atoms with E-state index in [1.807, 2.05) is 13.0 Å². The molecule has 4 nitrogen and oxygen atoms in total. The fourth-order valence-corrected chi connectivity index (χ4v) is 2.28. The molecule has 1 aromatic rings. The zero-order valence-corrected chi connectivity index (χ0v) is 13.7.